The van der Waals surface area contributed by atoms with Crippen LogP contribution in [0.15, 0.2) is 35.5 Å². The molecule has 3 aliphatic rings. The number of amides is 1. The van der Waals surface area contributed by atoms with Crippen LogP contribution in [0.4, 0.5) is 19.4 Å². The van der Waals surface area contributed by atoms with Crippen molar-refractivity contribution in [2.24, 2.45) is 0 Å². The molecule has 0 aliphatic carbocycles. The molecule has 0 saturated carbocycles. The number of ether oxygens (including phenoxy) is 2. The number of aromatic nitrogens is 3. The van der Waals surface area contributed by atoms with E-state index in [-0.39, 0.29) is 57.3 Å². The molecule has 14 heteroatoms. The number of carbonyl (C=O) groups is 1. The van der Waals surface area contributed by atoms with E-state index in [1.54, 1.807) is 23.1 Å². The van der Waals surface area contributed by atoms with Gasteiger partial charge >= 0.3 is 6.09 Å². The number of sulfone groups is 1. The third-order valence-electron chi connectivity index (χ3n) is 12.5. The molecule has 10 nitrogen and oxygen atoms in total. The fourth-order valence-corrected chi connectivity index (χ4v) is 15.8. The molecule has 0 N–H and O–H groups in total. The molecule has 7 rings (SSSR count). The van der Waals surface area contributed by atoms with E-state index in [0.29, 0.717) is 53.2 Å². The molecule has 0 unspecified atom stereocenters. The maximum absolute atomic E-state index is 17.6. The minimum Gasteiger partial charge on any atom is -0.471 e. The number of hydrogen-bond donors (Lipinski definition) is 0. The quantitative estimate of drug-likeness (QED) is 0.102. The van der Waals surface area contributed by atoms with E-state index in [1.165, 1.54) is 13.0 Å². The molecule has 4 atom stereocenters. The Labute approximate surface area is 342 Å². The van der Waals surface area contributed by atoms with Crippen LogP contribution < -0.4 is 9.64 Å². The third kappa shape index (κ3) is 6.79. The van der Waals surface area contributed by atoms with E-state index in [0.717, 1.165) is 0 Å². The van der Waals surface area contributed by atoms with E-state index in [4.69, 9.17) is 14.5 Å². The van der Waals surface area contributed by atoms with Crippen LogP contribution in [0.3, 0.4) is 0 Å². The molecule has 4 aromatic rings. The van der Waals surface area contributed by atoms with Crippen molar-refractivity contribution in [3.8, 4) is 28.6 Å². The molecule has 3 aliphatic heterocycles. The molecule has 0 spiro atoms. The molecule has 2 aromatic heterocycles. The van der Waals surface area contributed by atoms with Gasteiger partial charge in [-0.15, -0.1) is 5.54 Å². The first-order chi connectivity index (χ1) is 27.2. The number of carbonyl (C=O) groups excluding carboxylic acids is 1. The SMILES string of the molecule is CC[C@@H]1Oc2nc(-c3cccc4ccc(F)c(C#C[Si](C(C)C)(C(C)C)C(C)C)c34)c(F)c3nc(S(=O)(=O)CC)nc(c23)N2C[C@H]3CC[C@@H]([C@@H]12)N3C(=O)OC(C)(C)C. The molecule has 2 fully saturated rings. The highest BCUT2D eigenvalue weighted by Gasteiger charge is 2.54. The van der Waals surface area contributed by atoms with E-state index in [1.807, 2.05) is 38.7 Å². The highest BCUT2D eigenvalue weighted by Crippen LogP contribution is 2.48. The molecule has 0 radical (unpaired) electrons. The summed E-state index contributed by atoms with van der Waals surface area (Å²) in [6.45, 7) is 22.3. The van der Waals surface area contributed by atoms with Gasteiger partial charge in [-0.3, -0.25) is 4.90 Å². The third-order valence-corrected chi connectivity index (χ3v) is 20.3. The number of rotatable bonds is 7. The Morgan fingerprint density at radius 1 is 0.983 bits per heavy atom. The van der Waals surface area contributed by atoms with Crippen LogP contribution in [0.5, 0.6) is 5.88 Å². The lowest BCUT2D eigenvalue weighted by molar-refractivity contribution is -0.000578. The van der Waals surface area contributed by atoms with Crippen LogP contribution >= 0.6 is 0 Å². The number of benzene rings is 2. The van der Waals surface area contributed by atoms with Crippen molar-refractivity contribution in [3.05, 3.63) is 47.5 Å². The van der Waals surface area contributed by atoms with Crippen molar-refractivity contribution in [1.29, 1.82) is 0 Å². The molecule has 5 heterocycles. The fraction of sp³-hybridized carbons (Fsp3) is 0.545. The van der Waals surface area contributed by atoms with Gasteiger partial charge < -0.3 is 14.4 Å². The maximum Gasteiger partial charge on any atom is 0.410 e. The number of piperazine rings is 1. The van der Waals surface area contributed by atoms with Gasteiger partial charge in [0.15, 0.2) is 5.82 Å². The summed E-state index contributed by atoms with van der Waals surface area (Å²) in [6.07, 6.45) is 0.827. The Morgan fingerprint density at radius 2 is 1.67 bits per heavy atom. The minimum atomic E-state index is -4.05. The molecule has 2 aromatic carbocycles. The van der Waals surface area contributed by atoms with Gasteiger partial charge in [0.1, 0.15) is 48.0 Å². The number of nitrogens with zero attached hydrogens (tertiary/aromatic N) is 5. The number of anilines is 1. The Kier molecular flexibility index (Phi) is 10.8. The Balaban J connectivity index is 1.49. The monoisotopic (exact) mass is 831 g/mol. The first-order valence-electron chi connectivity index (χ1n) is 20.6. The topological polar surface area (TPSA) is 115 Å². The summed E-state index contributed by atoms with van der Waals surface area (Å²) in [7, 11) is -6.36. The largest absolute Gasteiger partial charge is 0.471 e. The molecule has 1 amide bonds. The lowest BCUT2D eigenvalue weighted by atomic mass is 9.95. The fourth-order valence-electron chi connectivity index (χ4n) is 9.92. The average molecular weight is 832 g/mol. The van der Waals surface area contributed by atoms with E-state index < -0.39 is 58.5 Å². The first kappa shape index (κ1) is 41.8. The van der Waals surface area contributed by atoms with Gasteiger partial charge in [-0.25, -0.2) is 36.9 Å². The highest BCUT2D eigenvalue weighted by atomic mass is 32.2. The highest BCUT2D eigenvalue weighted by molar-refractivity contribution is 7.91. The zero-order valence-electron chi connectivity index (χ0n) is 35.4. The second-order valence-electron chi connectivity index (χ2n) is 17.9. The molecule has 58 heavy (non-hydrogen) atoms. The van der Waals surface area contributed by atoms with E-state index in [9.17, 15) is 13.2 Å². The Bertz CT molecular complexity index is 2460. The van der Waals surface area contributed by atoms with Gasteiger partial charge in [0, 0.05) is 17.5 Å². The number of pyridine rings is 1. The summed E-state index contributed by atoms with van der Waals surface area (Å²) in [4.78, 5) is 31.4. The summed E-state index contributed by atoms with van der Waals surface area (Å²) in [6, 6.07) is 7.16. The maximum atomic E-state index is 17.6. The molecule has 310 valence electrons. The first-order valence-corrected chi connectivity index (χ1v) is 24.5. The van der Waals surface area contributed by atoms with E-state index in [2.05, 4.69) is 63.0 Å². The van der Waals surface area contributed by atoms with Crippen LogP contribution in [0.2, 0.25) is 16.6 Å². The lowest BCUT2D eigenvalue weighted by Crippen LogP contribution is -2.65. The van der Waals surface area contributed by atoms with Crippen molar-refractivity contribution in [2.75, 3.05) is 17.2 Å². The summed E-state index contributed by atoms with van der Waals surface area (Å²) in [5.41, 5.74) is 3.81. The lowest BCUT2D eigenvalue weighted by Gasteiger charge is -2.48. The van der Waals surface area contributed by atoms with Gasteiger partial charge in [0.2, 0.25) is 20.9 Å². The predicted molar refractivity (Wildman–Crippen MR) is 227 cm³/mol. The van der Waals surface area contributed by atoms with Crippen LogP contribution in [-0.4, -0.2) is 84.6 Å². The normalized spacial score (nSPS) is 20.7. The molecular formula is C44H55F2N5O5SSi. The van der Waals surface area contributed by atoms with Crippen LogP contribution in [-0.2, 0) is 14.6 Å². The van der Waals surface area contributed by atoms with Crippen molar-refractivity contribution >= 4 is 51.5 Å². The van der Waals surface area contributed by atoms with Gasteiger partial charge in [0.25, 0.3) is 0 Å². The minimum absolute atomic E-state index is 0.0367. The van der Waals surface area contributed by atoms with Gasteiger partial charge in [0.05, 0.1) is 29.4 Å². The second kappa shape index (κ2) is 15.0. The zero-order chi connectivity index (χ0) is 42.2. The summed E-state index contributed by atoms with van der Waals surface area (Å²) >= 11 is 0. The summed E-state index contributed by atoms with van der Waals surface area (Å²) < 4.78 is 73.6. The average Bonchev–Trinajstić information content (AvgIpc) is 3.40. The Hall–Kier alpha value is -4.35. The van der Waals surface area contributed by atoms with Gasteiger partial charge in [-0.1, -0.05) is 85.6 Å². The predicted octanol–water partition coefficient (Wildman–Crippen LogP) is 9.61. The summed E-state index contributed by atoms with van der Waals surface area (Å²) in [5.74, 6) is 1.81. The summed E-state index contributed by atoms with van der Waals surface area (Å²) in [5, 5.41) is 0.672. The molecular weight excluding hydrogens is 777 g/mol. The van der Waals surface area contributed by atoms with Crippen molar-refractivity contribution in [2.45, 2.75) is 147 Å². The number of halogens is 2. The van der Waals surface area contributed by atoms with Crippen LogP contribution in [0.1, 0.15) is 101 Å². The molecule has 2 bridgehead atoms. The van der Waals surface area contributed by atoms with E-state index >= 15 is 8.78 Å². The zero-order valence-corrected chi connectivity index (χ0v) is 37.2. The smallest absolute Gasteiger partial charge is 0.410 e. The van der Waals surface area contributed by atoms with Crippen molar-refractivity contribution in [1.82, 2.24) is 19.9 Å². The molecule has 2 saturated heterocycles. The second-order valence-corrected chi connectivity index (χ2v) is 25.7. The van der Waals surface area contributed by atoms with Crippen LogP contribution in [0, 0.1) is 23.1 Å². The standard InChI is InChI=1S/C44H55F2N5O5SSi/c1-12-33-39-32-20-18-28(51(32)43(52)56-44(9,10)11)23-50(39)40-35-38(48-42(49-40)57(53,54)13-2)36(46)37(47-41(35)55-33)30-16-14-15-27-17-19-31(45)29(34(27)30)21-22-58(24(3)4,25(5)6)26(7)8/h14-17,19,24-26,28,32-33,39H,12-13,18,20,23H2,1-11H3/t28-,32+,33+,39+/m1/s1. The number of hydrogen-bond acceptors (Lipinski definition) is 9. The van der Waals surface area contributed by atoms with Crippen LogP contribution in [0.25, 0.3) is 32.9 Å². The van der Waals surface area contributed by atoms with Crippen molar-refractivity contribution < 1.29 is 31.5 Å². The van der Waals surface area contributed by atoms with Crippen molar-refractivity contribution in [3.63, 3.8) is 0 Å². The number of fused-ring (bicyclic) bond motifs is 6. The van der Waals surface area contributed by atoms with Gasteiger partial charge in [-0.2, -0.15) is 0 Å². The van der Waals surface area contributed by atoms with Gasteiger partial charge in [-0.05, 0) is 68.1 Å². The Morgan fingerprint density at radius 3 is 2.29 bits per heavy atom.